The van der Waals surface area contributed by atoms with E-state index in [4.69, 9.17) is 8.83 Å². The normalized spacial score (nSPS) is 11.1. The number of ketones is 1. The first-order valence-corrected chi connectivity index (χ1v) is 8.92. The molecular weight excluding hydrogens is 389 g/mol. The van der Waals surface area contributed by atoms with E-state index in [0.717, 1.165) is 0 Å². The maximum Gasteiger partial charge on any atom is 0.270 e. The highest BCUT2D eigenvalue weighted by atomic mass is 19.1. The fraction of sp³-hybridized carbons (Fsp3) is 0. The van der Waals surface area contributed by atoms with Crippen LogP contribution < -0.4 is 0 Å². The molecule has 0 radical (unpaired) electrons. The summed E-state index contributed by atoms with van der Waals surface area (Å²) in [4.78, 5) is 22.8. The van der Waals surface area contributed by atoms with Crippen LogP contribution in [0.15, 0.2) is 87.7 Å². The fourth-order valence-electron chi connectivity index (χ4n) is 2.85. The summed E-state index contributed by atoms with van der Waals surface area (Å²) in [6.07, 6.45) is 2.80. The second kappa shape index (κ2) is 8.00. The molecule has 0 amide bonds. The van der Waals surface area contributed by atoms with Gasteiger partial charge in [-0.3, -0.25) is 14.9 Å². The van der Waals surface area contributed by atoms with Crippen molar-refractivity contribution in [2.45, 2.75) is 0 Å². The van der Waals surface area contributed by atoms with Gasteiger partial charge in [-0.15, -0.1) is 0 Å². The van der Waals surface area contributed by atoms with Crippen LogP contribution in [0.5, 0.6) is 0 Å². The first-order valence-electron chi connectivity index (χ1n) is 8.92. The van der Waals surface area contributed by atoms with Crippen molar-refractivity contribution in [3.8, 4) is 22.6 Å². The molecule has 4 rings (SSSR count). The predicted molar refractivity (Wildman–Crippen MR) is 108 cm³/mol. The number of halogens is 1. The Labute approximate surface area is 170 Å². The van der Waals surface area contributed by atoms with E-state index in [2.05, 4.69) is 0 Å². The number of furan rings is 2. The summed E-state index contributed by atoms with van der Waals surface area (Å²) >= 11 is 0. The molecule has 0 saturated heterocycles. The van der Waals surface area contributed by atoms with Crippen LogP contribution in [0.2, 0.25) is 0 Å². The quantitative estimate of drug-likeness (QED) is 0.167. The molecule has 7 heteroatoms. The Balaban J connectivity index is 1.48. The molecule has 6 nitrogen and oxygen atoms in total. The average molecular weight is 403 g/mol. The number of nitro groups is 1. The Morgan fingerprint density at radius 3 is 2.40 bits per heavy atom. The van der Waals surface area contributed by atoms with Crippen molar-refractivity contribution in [1.29, 1.82) is 0 Å². The zero-order valence-electron chi connectivity index (χ0n) is 15.4. The Hall–Kier alpha value is -4.26. The van der Waals surface area contributed by atoms with E-state index in [0.29, 0.717) is 28.4 Å². The van der Waals surface area contributed by atoms with Crippen LogP contribution in [0.4, 0.5) is 10.1 Å². The van der Waals surface area contributed by atoms with Gasteiger partial charge in [0.05, 0.1) is 4.92 Å². The summed E-state index contributed by atoms with van der Waals surface area (Å²) in [5, 5.41) is 10.9. The molecule has 2 aromatic heterocycles. The lowest BCUT2D eigenvalue weighted by molar-refractivity contribution is -0.384. The lowest BCUT2D eigenvalue weighted by atomic mass is 10.1. The summed E-state index contributed by atoms with van der Waals surface area (Å²) in [6, 6.07) is 18.4. The third-order valence-electron chi connectivity index (χ3n) is 4.34. The van der Waals surface area contributed by atoms with Crippen molar-refractivity contribution in [3.05, 3.63) is 106 Å². The predicted octanol–water partition coefficient (Wildman–Crippen LogP) is 6.15. The number of hydrogen-bond acceptors (Lipinski definition) is 5. The van der Waals surface area contributed by atoms with Gasteiger partial charge in [-0.05, 0) is 60.7 Å². The monoisotopic (exact) mass is 403 g/mol. The highest BCUT2D eigenvalue weighted by Crippen LogP contribution is 2.27. The van der Waals surface area contributed by atoms with Crippen LogP contribution in [0, 0.1) is 15.9 Å². The van der Waals surface area contributed by atoms with Crippen molar-refractivity contribution in [2.24, 2.45) is 0 Å². The molecule has 148 valence electrons. The standard InChI is InChI=1S/C23H14FNO5/c24-17-6-4-15(5-7-17)21-12-13-23(30-21)20(26)10-8-19-9-11-22(29-19)16-2-1-3-18(14-16)25(27)28/h1-14H/b10-8+. The molecule has 0 spiro atoms. The molecule has 0 aliphatic heterocycles. The van der Waals surface area contributed by atoms with E-state index >= 15 is 0 Å². The summed E-state index contributed by atoms with van der Waals surface area (Å²) in [5.41, 5.74) is 1.18. The summed E-state index contributed by atoms with van der Waals surface area (Å²) < 4.78 is 24.2. The Morgan fingerprint density at radius 2 is 1.63 bits per heavy atom. The van der Waals surface area contributed by atoms with Gasteiger partial charge in [0, 0.05) is 23.3 Å². The molecule has 0 N–H and O–H groups in total. The number of nitro benzene ring substituents is 1. The maximum atomic E-state index is 13.0. The molecule has 2 heterocycles. The number of nitrogens with zero attached hydrogens (tertiary/aromatic N) is 1. The van der Waals surface area contributed by atoms with Gasteiger partial charge in [0.1, 0.15) is 23.1 Å². The number of carbonyl (C=O) groups excluding carboxylic acids is 1. The number of hydrogen-bond donors (Lipinski definition) is 0. The number of carbonyl (C=O) groups is 1. The zero-order valence-corrected chi connectivity index (χ0v) is 15.4. The molecule has 0 fully saturated rings. The lowest BCUT2D eigenvalue weighted by Crippen LogP contribution is -1.90. The molecule has 30 heavy (non-hydrogen) atoms. The first kappa shape index (κ1) is 19.1. The topological polar surface area (TPSA) is 86.5 Å². The minimum Gasteiger partial charge on any atom is -0.457 e. The SMILES string of the molecule is O=C(/C=C/c1ccc(-c2cccc([N+](=O)[O-])c2)o1)c1ccc(-c2ccc(F)cc2)o1. The van der Waals surface area contributed by atoms with E-state index in [1.165, 1.54) is 36.4 Å². The minimum atomic E-state index is -0.477. The molecule has 4 aromatic rings. The third-order valence-corrected chi connectivity index (χ3v) is 4.34. The smallest absolute Gasteiger partial charge is 0.270 e. The van der Waals surface area contributed by atoms with Crippen molar-refractivity contribution in [1.82, 2.24) is 0 Å². The molecule has 0 aliphatic rings. The van der Waals surface area contributed by atoms with Crippen molar-refractivity contribution in [2.75, 3.05) is 0 Å². The van der Waals surface area contributed by atoms with E-state index < -0.39 is 4.92 Å². The van der Waals surface area contributed by atoms with Gasteiger partial charge in [-0.2, -0.15) is 0 Å². The van der Waals surface area contributed by atoms with Crippen LogP contribution in [-0.4, -0.2) is 10.7 Å². The largest absolute Gasteiger partial charge is 0.457 e. The summed E-state index contributed by atoms with van der Waals surface area (Å²) in [6.45, 7) is 0. The number of benzene rings is 2. The van der Waals surface area contributed by atoms with Gasteiger partial charge < -0.3 is 8.83 Å². The van der Waals surface area contributed by atoms with E-state index in [1.807, 2.05) is 0 Å². The van der Waals surface area contributed by atoms with E-state index in [-0.39, 0.29) is 23.0 Å². The summed E-state index contributed by atoms with van der Waals surface area (Å²) in [7, 11) is 0. The minimum absolute atomic E-state index is 0.0362. The number of non-ortho nitro benzene ring substituents is 1. The first-order chi connectivity index (χ1) is 14.5. The Morgan fingerprint density at radius 1 is 0.900 bits per heavy atom. The lowest BCUT2D eigenvalue weighted by Gasteiger charge is -1.97. The molecular formula is C23H14FNO5. The van der Waals surface area contributed by atoms with E-state index in [9.17, 15) is 19.3 Å². The molecule has 0 saturated carbocycles. The van der Waals surface area contributed by atoms with Gasteiger partial charge in [-0.1, -0.05) is 12.1 Å². The fourth-order valence-corrected chi connectivity index (χ4v) is 2.85. The van der Waals surface area contributed by atoms with Crippen LogP contribution in [0.3, 0.4) is 0 Å². The highest BCUT2D eigenvalue weighted by molar-refractivity contribution is 6.05. The van der Waals surface area contributed by atoms with Gasteiger partial charge in [0.25, 0.3) is 5.69 Å². The average Bonchev–Trinajstić information content (AvgIpc) is 3.43. The van der Waals surface area contributed by atoms with E-state index in [1.54, 1.807) is 48.5 Å². The van der Waals surface area contributed by atoms with Gasteiger partial charge in [0.15, 0.2) is 5.76 Å². The number of allylic oxidation sites excluding steroid dienone is 1. The van der Waals surface area contributed by atoms with Crippen LogP contribution in [-0.2, 0) is 0 Å². The van der Waals surface area contributed by atoms with Crippen molar-refractivity contribution in [3.63, 3.8) is 0 Å². The second-order valence-electron chi connectivity index (χ2n) is 6.38. The number of rotatable bonds is 6. The third kappa shape index (κ3) is 4.10. The molecule has 0 unspecified atom stereocenters. The van der Waals surface area contributed by atoms with Crippen molar-refractivity contribution < 1.29 is 22.9 Å². The molecule has 0 atom stereocenters. The molecule has 0 aliphatic carbocycles. The van der Waals surface area contributed by atoms with Crippen LogP contribution in [0.1, 0.15) is 16.3 Å². The van der Waals surface area contributed by atoms with Crippen molar-refractivity contribution >= 4 is 17.5 Å². The van der Waals surface area contributed by atoms with Crippen LogP contribution in [0.25, 0.3) is 28.7 Å². The summed E-state index contributed by atoms with van der Waals surface area (Å²) in [5.74, 6) is 0.732. The Bertz CT molecular complexity index is 1250. The van der Waals surface area contributed by atoms with Crippen LogP contribution >= 0.6 is 0 Å². The highest BCUT2D eigenvalue weighted by Gasteiger charge is 2.12. The van der Waals surface area contributed by atoms with Gasteiger partial charge in [-0.25, -0.2) is 4.39 Å². The molecule has 0 bridgehead atoms. The zero-order chi connectivity index (χ0) is 21.1. The Kier molecular flexibility index (Phi) is 5.09. The van der Waals surface area contributed by atoms with Gasteiger partial charge >= 0.3 is 0 Å². The molecule has 2 aromatic carbocycles. The second-order valence-corrected chi connectivity index (χ2v) is 6.38. The van der Waals surface area contributed by atoms with Gasteiger partial charge in [0.2, 0.25) is 5.78 Å². The maximum absolute atomic E-state index is 13.0.